The van der Waals surface area contributed by atoms with Crippen LogP contribution in [0.3, 0.4) is 0 Å². The maximum Gasteiger partial charge on any atom is 0.305 e. The summed E-state index contributed by atoms with van der Waals surface area (Å²) in [7, 11) is 1.35. The highest BCUT2D eigenvalue weighted by Gasteiger charge is 2.23. The zero-order valence-electron chi connectivity index (χ0n) is 13.0. The Labute approximate surface area is 120 Å². The van der Waals surface area contributed by atoms with E-state index >= 15 is 0 Å². The van der Waals surface area contributed by atoms with Gasteiger partial charge in [-0.05, 0) is 61.9 Å². The molecule has 0 amide bonds. The largest absolute Gasteiger partial charge is 0.469 e. The topological polar surface area (TPSA) is 72.5 Å². The second-order valence-corrected chi connectivity index (χ2v) is 5.40. The molecule has 20 heavy (non-hydrogen) atoms. The van der Waals surface area contributed by atoms with Crippen LogP contribution in [0.5, 0.6) is 0 Å². The second-order valence-electron chi connectivity index (χ2n) is 5.40. The number of aliphatic hydroxyl groups is 1. The first kappa shape index (κ1) is 16.7. The molecule has 4 heteroatoms. The molecule has 1 aromatic carbocycles. The number of rotatable bonds is 5. The molecule has 3 N–H and O–H groups in total. The molecule has 2 atom stereocenters. The Morgan fingerprint density at radius 3 is 2.20 bits per heavy atom. The molecule has 0 aliphatic carbocycles. The third-order valence-corrected chi connectivity index (χ3v) is 4.03. The standard InChI is InChI=1S/C16H25NO3/c1-9-8-10(2)12(4)15(11(9)3)16(19)13(17)6-7-14(18)20-5/h8,13,16,19H,6-7,17H2,1-5H3. The summed E-state index contributed by atoms with van der Waals surface area (Å²) in [6, 6.07) is 1.63. The number of aryl methyl sites for hydroxylation is 2. The van der Waals surface area contributed by atoms with Gasteiger partial charge in [0.15, 0.2) is 0 Å². The van der Waals surface area contributed by atoms with Gasteiger partial charge in [0.1, 0.15) is 0 Å². The fourth-order valence-corrected chi connectivity index (χ4v) is 2.45. The highest BCUT2D eigenvalue weighted by atomic mass is 16.5. The minimum atomic E-state index is -0.766. The van der Waals surface area contributed by atoms with Gasteiger partial charge in [0.2, 0.25) is 0 Å². The predicted molar refractivity (Wildman–Crippen MR) is 79.6 cm³/mol. The summed E-state index contributed by atoms with van der Waals surface area (Å²) in [6.07, 6.45) is -0.143. The molecule has 0 aromatic heterocycles. The predicted octanol–water partition coefficient (Wildman–Crippen LogP) is 2.23. The van der Waals surface area contributed by atoms with E-state index in [9.17, 15) is 9.90 Å². The molecule has 0 saturated heterocycles. The average molecular weight is 279 g/mol. The van der Waals surface area contributed by atoms with E-state index in [1.807, 2.05) is 27.7 Å². The third-order valence-electron chi connectivity index (χ3n) is 4.03. The number of ether oxygens (including phenoxy) is 1. The zero-order chi connectivity index (χ0) is 15.4. The van der Waals surface area contributed by atoms with E-state index in [1.165, 1.54) is 7.11 Å². The minimum absolute atomic E-state index is 0.220. The number of carbonyl (C=O) groups excluding carboxylic acids is 1. The number of esters is 1. The first-order valence-corrected chi connectivity index (χ1v) is 6.87. The molecule has 1 aromatic rings. The van der Waals surface area contributed by atoms with E-state index in [1.54, 1.807) is 0 Å². The van der Waals surface area contributed by atoms with Crippen molar-refractivity contribution >= 4 is 5.97 Å². The van der Waals surface area contributed by atoms with Crippen molar-refractivity contribution in [2.75, 3.05) is 7.11 Å². The molecule has 0 aliphatic rings. The quantitative estimate of drug-likeness (QED) is 0.811. The Hall–Kier alpha value is -1.39. The summed E-state index contributed by atoms with van der Waals surface area (Å²) in [5.41, 5.74) is 11.3. The molecular formula is C16H25NO3. The summed E-state index contributed by atoms with van der Waals surface area (Å²) in [5, 5.41) is 10.5. The lowest BCUT2D eigenvalue weighted by Gasteiger charge is -2.24. The number of aliphatic hydroxyl groups excluding tert-OH is 1. The van der Waals surface area contributed by atoms with E-state index in [2.05, 4.69) is 10.8 Å². The Morgan fingerprint density at radius 2 is 1.75 bits per heavy atom. The molecule has 2 unspecified atom stereocenters. The molecule has 112 valence electrons. The Kier molecular flexibility index (Phi) is 5.72. The smallest absolute Gasteiger partial charge is 0.305 e. The summed E-state index contributed by atoms with van der Waals surface area (Å²) in [4.78, 5) is 11.2. The molecule has 0 fully saturated rings. The Morgan fingerprint density at radius 1 is 1.25 bits per heavy atom. The molecule has 0 radical (unpaired) electrons. The van der Waals surface area contributed by atoms with Crippen molar-refractivity contribution in [1.82, 2.24) is 0 Å². The van der Waals surface area contributed by atoms with Crippen LogP contribution in [0.4, 0.5) is 0 Å². The van der Waals surface area contributed by atoms with Crippen molar-refractivity contribution in [3.05, 3.63) is 33.9 Å². The van der Waals surface area contributed by atoms with Crippen molar-refractivity contribution in [3.8, 4) is 0 Å². The van der Waals surface area contributed by atoms with Crippen molar-refractivity contribution < 1.29 is 14.6 Å². The maximum absolute atomic E-state index is 11.2. The van der Waals surface area contributed by atoms with Crippen LogP contribution in [-0.2, 0) is 9.53 Å². The van der Waals surface area contributed by atoms with Crippen molar-refractivity contribution in [3.63, 3.8) is 0 Å². The fourth-order valence-electron chi connectivity index (χ4n) is 2.45. The van der Waals surface area contributed by atoms with Crippen LogP contribution in [0, 0.1) is 27.7 Å². The van der Waals surface area contributed by atoms with Gasteiger partial charge in [0, 0.05) is 12.5 Å². The number of hydrogen-bond acceptors (Lipinski definition) is 4. The highest BCUT2D eigenvalue weighted by Crippen LogP contribution is 2.29. The van der Waals surface area contributed by atoms with Gasteiger partial charge >= 0.3 is 5.97 Å². The van der Waals surface area contributed by atoms with Gasteiger partial charge < -0.3 is 15.6 Å². The summed E-state index contributed by atoms with van der Waals surface area (Å²) >= 11 is 0. The number of hydrogen-bond donors (Lipinski definition) is 2. The molecule has 0 heterocycles. The van der Waals surface area contributed by atoms with Gasteiger partial charge in [0.05, 0.1) is 13.2 Å². The van der Waals surface area contributed by atoms with Crippen LogP contribution >= 0.6 is 0 Å². The molecular weight excluding hydrogens is 254 g/mol. The van der Waals surface area contributed by atoms with E-state index in [-0.39, 0.29) is 12.4 Å². The monoisotopic (exact) mass is 279 g/mol. The van der Waals surface area contributed by atoms with E-state index in [0.29, 0.717) is 6.42 Å². The fraction of sp³-hybridized carbons (Fsp3) is 0.562. The molecule has 4 nitrogen and oxygen atoms in total. The van der Waals surface area contributed by atoms with Crippen molar-refractivity contribution in [2.45, 2.75) is 52.7 Å². The van der Waals surface area contributed by atoms with Crippen LogP contribution < -0.4 is 5.73 Å². The Balaban J connectivity index is 2.97. The summed E-state index contributed by atoms with van der Waals surface area (Å²) in [5.74, 6) is -0.304. The van der Waals surface area contributed by atoms with Gasteiger partial charge in [-0.1, -0.05) is 6.07 Å². The van der Waals surface area contributed by atoms with Crippen LogP contribution in [0.25, 0.3) is 0 Å². The number of carbonyl (C=O) groups is 1. The van der Waals surface area contributed by atoms with Crippen LogP contribution in [0.2, 0.25) is 0 Å². The number of methoxy groups -OCH3 is 1. The number of nitrogens with two attached hydrogens (primary N) is 1. The van der Waals surface area contributed by atoms with Gasteiger partial charge in [-0.2, -0.15) is 0 Å². The van der Waals surface area contributed by atoms with Gasteiger partial charge in [-0.15, -0.1) is 0 Å². The van der Waals surface area contributed by atoms with E-state index < -0.39 is 12.1 Å². The molecule has 0 bridgehead atoms. The minimum Gasteiger partial charge on any atom is -0.469 e. The van der Waals surface area contributed by atoms with Gasteiger partial charge in [-0.25, -0.2) is 0 Å². The Bertz CT molecular complexity index is 471. The summed E-state index contributed by atoms with van der Waals surface area (Å²) in [6.45, 7) is 8.04. The first-order valence-electron chi connectivity index (χ1n) is 6.87. The van der Waals surface area contributed by atoms with Crippen molar-refractivity contribution in [2.24, 2.45) is 5.73 Å². The average Bonchev–Trinajstić information content (AvgIpc) is 2.42. The van der Waals surface area contributed by atoms with Gasteiger partial charge in [0.25, 0.3) is 0 Å². The lowest BCUT2D eigenvalue weighted by molar-refractivity contribution is -0.140. The third kappa shape index (κ3) is 3.58. The zero-order valence-corrected chi connectivity index (χ0v) is 13.0. The SMILES string of the molecule is COC(=O)CCC(N)C(O)c1c(C)c(C)cc(C)c1C. The van der Waals surface area contributed by atoms with Crippen molar-refractivity contribution in [1.29, 1.82) is 0 Å². The summed E-state index contributed by atoms with van der Waals surface area (Å²) < 4.78 is 4.60. The lowest BCUT2D eigenvalue weighted by atomic mass is 9.87. The lowest BCUT2D eigenvalue weighted by Crippen LogP contribution is -2.30. The highest BCUT2D eigenvalue weighted by molar-refractivity contribution is 5.69. The molecule has 0 saturated carbocycles. The molecule has 1 rings (SSSR count). The maximum atomic E-state index is 11.2. The molecule has 0 aliphatic heterocycles. The van der Waals surface area contributed by atoms with Crippen LogP contribution in [0.15, 0.2) is 6.07 Å². The van der Waals surface area contributed by atoms with Crippen LogP contribution in [-0.4, -0.2) is 24.2 Å². The van der Waals surface area contributed by atoms with Crippen LogP contribution in [0.1, 0.15) is 46.8 Å². The first-order chi connectivity index (χ1) is 9.29. The molecule has 0 spiro atoms. The normalized spacial score (nSPS) is 13.9. The van der Waals surface area contributed by atoms with E-state index in [0.717, 1.165) is 27.8 Å². The number of benzene rings is 1. The van der Waals surface area contributed by atoms with E-state index in [4.69, 9.17) is 5.73 Å². The van der Waals surface area contributed by atoms with Gasteiger partial charge in [-0.3, -0.25) is 4.79 Å². The second kappa shape index (κ2) is 6.86.